The fourth-order valence-corrected chi connectivity index (χ4v) is 1.11. The monoisotopic (exact) mass is 137 g/mol. The third-order valence-electron chi connectivity index (χ3n) is 1.67. The highest BCUT2D eigenvalue weighted by atomic mass is 16.2. The van der Waals surface area contributed by atoms with Crippen LogP contribution in [0.5, 0.6) is 0 Å². The maximum Gasteiger partial charge on any atom is 0.249 e. The van der Waals surface area contributed by atoms with E-state index in [-0.39, 0.29) is 17.9 Å². The molecule has 0 aromatic heterocycles. The molecule has 1 amide bonds. The van der Waals surface area contributed by atoms with Crippen molar-refractivity contribution in [3.63, 3.8) is 0 Å². The average molecular weight is 137 g/mol. The van der Waals surface area contributed by atoms with E-state index in [4.69, 9.17) is 0 Å². The van der Waals surface area contributed by atoms with E-state index < -0.39 is 0 Å². The average Bonchev–Trinajstić information content (AvgIpc) is 2.36. The molecule has 0 saturated carbocycles. The van der Waals surface area contributed by atoms with Crippen LogP contribution in [0.1, 0.15) is 0 Å². The molecule has 4 heteroatoms. The first-order valence-electron chi connectivity index (χ1n) is 3.14. The smallest absolute Gasteiger partial charge is 0.249 e. The molecule has 2 unspecified atom stereocenters. The number of carbonyl (C=O) groups excluding carboxylic acids is 1. The van der Waals surface area contributed by atoms with Crippen LogP contribution in [0.2, 0.25) is 0 Å². The Kier molecular flexibility index (Phi) is 1.00. The number of amides is 1. The minimum Gasteiger partial charge on any atom is -0.331 e. The third kappa shape index (κ3) is 0.618. The predicted octanol–water partition coefficient (Wildman–Crippen LogP) is -0.796. The quantitative estimate of drug-likeness (QED) is 0.459. The van der Waals surface area contributed by atoms with Gasteiger partial charge in [0.15, 0.2) is 0 Å². The highest BCUT2D eigenvalue weighted by Crippen LogP contribution is 2.11. The van der Waals surface area contributed by atoms with Crippen molar-refractivity contribution < 1.29 is 4.79 Å². The van der Waals surface area contributed by atoms with Crippen molar-refractivity contribution >= 4 is 12.1 Å². The summed E-state index contributed by atoms with van der Waals surface area (Å²) in [7, 11) is 0. The van der Waals surface area contributed by atoms with Crippen molar-refractivity contribution in [3.05, 3.63) is 12.3 Å². The molecule has 0 aromatic carbocycles. The molecule has 4 nitrogen and oxygen atoms in total. The molecule has 2 heterocycles. The highest BCUT2D eigenvalue weighted by Gasteiger charge is 2.30. The molecule has 0 aromatic rings. The predicted molar refractivity (Wildman–Crippen MR) is 36.2 cm³/mol. The van der Waals surface area contributed by atoms with Crippen molar-refractivity contribution in [3.8, 4) is 0 Å². The molecule has 0 bridgehead atoms. The lowest BCUT2D eigenvalue weighted by atomic mass is 10.00. The van der Waals surface area contributed by atoms with E-state index in [0.717, 1.165) is 0 Å². The van der Waals surface area contributed by atoms with Crippen LogP contribution in [0, 0.1) is 5.92 Å². The lowest BCUT2D eigenvalue weighted by molar-refractivity contribution is -0.122. The number of nitrogens with zero attached hydrogens (tertiary/aromatic N) is 1. The summed E-state index contributed by atoms with van der Waals surface area (Å²) < 4.78 is 0. The minimum atomic E-state index is -0.176. The Morgan fingerprint density at radius 1 is 1.60 bits per heavy atom. The van der Waals surface area contributed by atoms with E-state index >= 15 is 0 Å². The first kappa shape index (κ1) is 5.46. The molecule has 0 saturated heterocycles. The molecule has 10 heavy (non-hydrogen) atoms. The molecular formula is C6H7N3O. The summed E-state index contributed by atoms with van der Waals surface area (Å²) in [5.74, 6) is 0.138. The zero-order chi connectivity index (χ0) is 6.97. The minimum absolute atomic E-state index is 0.00926. The van der Waals surface area contributed by atoms with Crippen LogP contribution in [0.4, 0.5) is 0 Å². The van der Waals surface area contributed by atoms with E-state index in [1.165, 1.54) is 0 Å². The summed E-state index contributed by atoms with van der Waals surface area (Å²) >= 11 is 0. The molecule has 52 valence electrons. The Morgan fingerprint density at radius 3 is 3.30 bits per heavy atom. The number of hydrogen-bond donors (Lipinski definition) is 2. The Labute approximate surface area is 58.0 Å². The van der Waals surface area contributed by atoms with Gasteiger partial charge in [0.05, 0.1) is 0 Å². The summed E-state index contributed by atoms with van der Waals surface area (Å²) in [5.41, 5.74) is 2.71. The van der Waals surface area contributed by atoms with E-state index in [0.29, 0.717) is 0 Å². The lowest BCUT2D eigenvalue weighted by Crippen LogP contribution is -2.44. The zero-order valence-electron chi connectivity index (χ0n) is 5.24. The molecule has 0 fully saturated rings. The Morgan fingerprint density at radius 2 is 2.50 bits per heavy atom. The fraction of sp³-hybridized carbons (Fsp3) is 0.333. The van der Waals surface area contributed by atoms with Gasteiger partial charge < -0.3 is 5.32 Å². The molecule has 2 aliphatic heterocycles. The van der Waals surface area contributed by atoms with Gasteiger partial charge in [-0.1, -0.05) is 6.08 Å². The molecule has 2 rings (SSSR count). The van der Waals surface area contributed by atoms with Crippen molar-refractivity contribution in [2.45, 2.75) is 6.04 Å². The maximum absolute atomic E-state index is 11.0. The molecule has 0 spiro atoms. The van der Waals surface area contributed by atoms with Gasteiger partial charge in [0.2, 0.25) is 5.91 Å². The molecule has 0 aliphatic carbocycles. The van der Waals surface area contributed by atoms with Crippen LogP contribution in [-0.2, 0) is 4.79 Å². The summed E-state index contributed by atoms with van der Waals surface area (Å²) in [6.45, 7) is 0. The summed E-state index contributed by atoms with van der Waals surface area (Å²) in [6, 6.07) is -0.176. The van der Waals surface area contributed by atoms with Gasteiger partial charge >= 0.3 is 0 Å². The molecule has 2 aliphatic rings. The molecule has 0 radical (unpaired) electrons. The largest absolute Gasteiger partial charge is 0.331 e. The van der Waals surface area contributed by atoms with Crippen LogP contribution >= 0.6 is 0 Å². The number of hydrazone groups is 1. The number of carbonyl (C=O) groups is 1. The number of rotatable bonds is 0. The second-order valence-corrected chi connectivity index (χ2v) is 2.33. The van der Waals surface area contributed by atoms with E-state index in [9.17, 15) is 4.79 Å². The summed E-state index contributed by atoms with van der Waals surface area (Å²) in [5, 5.41) is 6.38. The van der Waals surface area contributed by atoms with Gasteiger partial charge in [-0.3, -0.25) is 10.2 Å². The van der Waals surface area contributed by atoms with Gasteiger partial charge in [-0.15, -0.1) is 0 Å². The third-order valence-corrected chi connectivity index (χ3v) is 1.67. The van der Waals surface area contributed by atoms with Gasteiger partial charge in [0.25, 0.3) is 0 Å². The van der Waals surface area contributed by atoms with Crippen molar-refractivity contribution in [1.29, 1.82) is 0 Å². The van der Waals surface area contributed by atoms with Crippen molar-refractivity contribution in [2.75, 3.05) is 0 Å². The SMILES string of the molecule is O=C1NC=CC2C=NNC12. The first-order chi connectivity index (χ1) is 4.88. The molecular weight excluding hydrogens is 130 g/mol. The maximum atomic E-state index is 11.0. The Hall–Kier alpha value is -1.32. The van der Waals surface area contributed by atoms with Gasteiger partial charge in [-0.05, 0) is 0 Å². The number of nitrogens with one attached hydrogen (secondary N) is 2. The van der Waals surface area contributed by atoms with Crippen LogP contribution in [0.25, 0.3) is 0 Å². The van der Waals surface area contributed by atoms with Gasteiger partial charge in [0, 0.05) is 18.3 Å². The normalized spacial score (nSPS) is 35.0. The fourth-order valence-electron chi connectivity index (χ4n) is 1.11. The second kappa shape index (κ2) is 1.83. The van der Waals surface area contributed by atoms with E-state index in [1.807, 2.05) is 6.08 Å². The topological polar surface area (TPSA) is 53.5 Å². The summed E-state index contributed by atoms with van der Waals surface area (Å²) in [4.78, 5) is 11.0. The van der Waals surface area contributed by atoms with Gasteiger partial charge in [-0.2, -0.15) is 5.10 Å². The Bertz CT molecular complexity index is 221. The molecule has 2 N–H and O–H groups in total. The highest BCUT2D eigenvalue weighted by molar-refractivity contribution is 5.90. The first-order valence-corrected chi connectivity index (χ1v) is 3.14. The van der Waals surface area contributed by atoms with Crippen LogP contribution in [0.15, 0.2) is 17.4 Å². The van der Waals surface area contributed by atoms with Crippen LogP contribution < -0.4 is 10.7 Å². The molecule has 2 atom stereocenters. The lowest BCUT2D eigenvalue weighted by Gasteiger charge is -2.17. The van der Waals surface area contributed by atoms with Gasteiger partial charge in [0.1, 0.15) is 6.04 Å². The standard InChI is InChI=1S/C6H7N3O/c10-6-5-4(1-2-7-6)3-8-9-5/h1-5,9H,(H,7,10). The Balaban J connectivity index is 2.27. The number of fused-ring (bicyclic) bond motifs is 1. The van der Waals surface area contributed by atoms with E-state index in [2.05, 4.69) is 15.8 Å². The van der Waals surface area contributed by atoms with Crippen molar-refractivity contribution in [1.82, 2.24) is 10.7 Å². The van der Waals surface area contributed by atoms with Crippen LogP contribution in [-0.4, -0.2) is 18.2 Å². The summed E-state index contributed by atoms with van der Waals surface area (Å²) in [6.07, 6.45) is 5.30. The van der Waals surface area contributed by atoms with Gasteiger partial charge in [-0.25, -0.2) is 0 Å². The van der Waals surface area contributed by atoms with E-state index in [1.54, 1.807) is 12.4 Å². The van der Waals surface area contributed by atoms with Crippen LogP contribution in [0.3, 0.4) is 0 Å². The second-order valence-electron chi connectivity index (χ2n) is 2.33. The zero-order valence-corrected chi connectivity index (χ0v) is 5.24. The van der Waals surface area contributed by atoms with Crippen molar-refractivity contribution in [2.24, 2.45) is 11.0 Å². The number of hydrogen-bond acceptors (Lipinski definition) is 3.